The van der Waals surface area contributed by atoms with Gasteiger partial charge in [0.05, 0.1) is 17.1 Å². The highest BCUT2D eigenvalue weighted by Crippen LogP contribution is 2.18. The summed E-state index contributed by atoms with van der Waals surface area (Å²) in [7, 11) is -3.65. The van der Waals surface area contributed by atoms with Gasteiger partial charge in [-0.25, -0.2) is 22.5 Å². The molecular formula is C13H15FN2O2S2. The van der Waals surface area contributed by atoms with Crippen LogP contribution in [0.5, 0.6) is 0 Å². The second-order valence-corrected chi connectivity index (χ2v) is 7.54. The van der Waals surface area contributed by atoms with Gasteiger partial charge in [0.15, 0.2) is 0 Å². The molecule has 0 saturated heterocycles. The predicted octanol–water partition coefficient (Wildman–Crippen LogP) is 2.69. The van der Waals surface area contributed by atoms with Gasteiger partial charge in [-0.2, -0.15) is 0 Å². The number of rotatable bonds is 4. The summed E-state index contributed by atoms with van der Waals surface area (Å²) in [5.74, 6) is -0.421. The Morgan fingerprint density at radius 3 is 2.55 bits per heavy atom. The largest absolute Gasteiger partial charge is 0.245 e. The molecule has 0 saturated carbocycles. The third kappa shape index (κ3) is 3.23. The van der Waals surface area contributed by atoms with Crippen LogP contribution in [-0.4, -0.2) is 13.4 Å². The summed E-state index contributed by atoms with van der Waals surface area (Å²) in [6, 6.07) is 3.72. The van der Waals surface area contributed by atoms with Gasteiger partial charge in [0.2, 0.25) is 10.0 Å². The Balaban J connectivity index is 2.16. The van der Waals surface area contributed by atoms with Gasteiger partial charge in [0.1, 0.15) is 10.8 Å². The minimum Gasteiger partial charge on any atom is -0.245 e. The van der Waals surface area contributed by atoms with Crippen LogP contribution < -0.4 is 4.72 Å². The Hall–Kier alpha value is -1.31. The fraction of sp³-hybridized carbons (Fsp3) is 0.308. The van der Waals surface area contributed by atoms with Gasteiger partial charge >= 0.3 is 0 Å². The smallest absolute Gasteiger partial charge is 0.240 e. The Labute approximate surface area is 121 Å². The molecule has 4 nitrogen and oxygen atoms in total. The minimum absolute atomic E-state index is 0.0569. The number of sulfonamides is 1. The molecule has 1 aromatic heterocycles. The van der Waals surface area contributed by atoms with Crippen molar-refractivity contribution in [2.24, 2.45) is 0 Å². The predicted molar refractivity (Wildman–Crippen MR) is 76.8 cm³/mol. The maximum absolute atomic E-state index is 13.2. The lowest BCUT2D eigenvalue weighted by Crippen LogP contribution is -2.23. The summed E-state index contributed by atoms with van der Waals surface area (Å²) in [4.78, 5) is 5.39. The van der Waals surface area contributed by atoms with E-state index in [-0.39, 0.29) is 11.4 Å². The number of thiazole rings is 1. The van der Waals surface area contributed by atoms with Crippen molar-refractivity contribution >= 4 is 21.4 Å². The number of aromatic nitrogens is 1. The third-order valence-corrected chi connectivity index (χ3v) is 5.40. The van der Waals surface area contributed by atoms with Crippen molar-refractivity contribution in [1.29, 1.82) is 0 Å². The molecule has 108 valence electrons. The van der Waals surface area contributed by atoms with Gasteiger partial charge in [-0.15, -0.1) is 11.3 Å². The molecule has 0 fully saturated rings. The molecule has 1 aromatic carbocycles. The van der Waals surface area contributed by atoms with E-state index in [2.05, 4.69) is 9.71 Å². The van der Waals surface area contributed by atoms with Gasteiger partial charge in [-0.3, -0.25) is 0 Å². The van der Waals surface area contributed by atoms with Crippen molar-refractivity contribution in [2.45, 2.75) is 32.2 Å². The first kappa shape index (κ1) is 15.1. The second-order valence-electron chi connectivity index (χ2n) is 4.48. The molecule has 0 amide bonds. The average molecular weight is 314 g/mol. The van der Waals surface area contributed by atoms with E-state index < -0.39 is 15.8 Å². The van der Waals surface area contributed by atoms with Crippen LogP contribution >= 0.6 is 11.3 Å². The van der Waals surface area contributed by atoms with Crippen molar-refractivity contribution in [3.8, 4) is 0 Å². The lowest BCUT2D eigenvalue weighted by atomic mass is 10.2. The molecule has 0 spiro atoms. The monoisotopic (exact) mass is 314 g/mol. The first-order valence-corrected chi connectivity index (χ1v) is 8.28. The summed E-state index contributed by atoms with van der Waals surface area (Å²) in [6.45, 7) is 5.49. The van der Waals surface area contributed by atoms with E-state index in [9.17, 15) is 12.8 Å². The molecule has 0 radical (unpaired) electrons. The van der Waals surface area contributed by atoms with Gasteiger partial charge in [-0.05, 0) is 44.5 Å². The molecule has 7 heteroatoms. The van der Waals surface area contributed by atoms with Crippen LogP contribution in [0.2, 0.25) is 0 Å². The van der Waals surface area contributed by atoms with Crippen molar-refractivity contribution in [3.63, 3.8) is 0 Å². The van der Waals surface area contributed by atoms with Crippen molar-refractivity contribution < 1.29 is 12.8 Å². The zero-order valence-corrected chi connectivity index (χ0v) is 13.0. The van der Waals surface area contributed by atoms with Crippen molar-refractivity contribution in [2.75, 3.05) is 0 Å². The summed E-state index contributed by atoms with van der Waals surface area (Å²) >= 11 is 1.46. The van der Waals surface area contributed by atoms with Crippen molar-refractivity contribution in [3.05, 3.63) is 45.2 Å². The summed E-state index contributed by atoms with van der Waals surface area (Å²) < 4.78 is 39.8. The molecule has 1 heterocycles. The lowest BCUT2D eigenvalue weighted by Gasteiger charge is -2.06. The van der Waals surface area contributed by atoms with E-state index in [0.29, 0.717) is 10.6 Å². The van der Waals surface area contributed by atoms with Crippen molar-refractivity contribution in [1.82, 2.24) is 9.71 Å². The number of aryl methyl sites for hydroxylation is 3. The van der Waals surface area contributed by atoms with E-state index in [1.807, 2.05) is 13.8 Å². The Morgan fingerprint density at radius 2 is 2.00 bits per heavy atom. The molecule has 2 rings (SSSR count). The highest BCUT2D eigenvalue weighted by Gasteiger charge is 2.16. The maximum Gasteiger partial charge on any atom is 0.240 e. The number of benzene rings is 1. The standard InChI is InChI=1S/C13H15FN2O2S2/c1-8-6-11(4-5-12(8)14)20(17,18)15-7-13-16-9(2)10(3)19-13/h4-6,15H,7H2,1-3H3. The third-order valence-electron chi connectivity index (χ3n) is 2.93. The highest BCUT2D eigenvalue weighted by atomic mass is 32.2. The number of halogens is 1. The number of nitrogens with one attached hydrogen (secondary N) is 1. The molecule has 0 aliphatic carbocycles. The van der Waals surface area contributed by atoms with Crippen LogP contribution in [0.4, 0.5) is 4.39 Å². The fourth-order valence-corrected chi connectivity index (χ4v) is 3.68. The second kappa shape index (κ2) is 5.59. The van der Waals surface area contributed by atoms with Gasteiger partial charge in [0, 0.05) is 4.88 Å². The molecule has 20 heavy (non-hydrogen) atoms. The summed E-state index contributed by atoms with van der Waals surface area (Å²) in [6.07, 6.45) is 0. The van der Waals surface area contributed by atoms with Gasteiger partial charge < -0.3 is 0 Å². The first-order valence-electron chi connectivity index (χ1n) is 5.98. The van der Waals surface area contributed by atoms with Crippen LogP contribution in [0.1, 0.15) is 21.1 Å². The van der Waals surface area contributed by atoms with Crippen LogP contribution in [0.3, 0.4) is 0 Å². The average Bonchev–Trinajstić information content (AvgIpc) is 2.70. The summed E-state index contributed by atoms with van der Waals surface area (Å²) in [5, 5.41) is 0.711. The van der Waals surface area contributed by atoms with Gasteiger partial charge in [0.25, 0.3) is 0 Å². The van der Waals surface area contributed by atoms with E-state index in [1.165, 1.54) is 30.4 Å². The number of nitrogens with zero attached hydrogens (tertiary/aromatic N) is 1. The van der Waals surface area contributed by atoms with Gasteiger partial charge in [-0.1, -0.05) is 0 Å². The topological polar surface area (TPSA) is 59.1 Å². The van der Waals surface area contributed by atoms with E-state index in [1.54, 1.807) is 0 Å². The van der Waals surface area contributed by atoms with Crippen LogP contribution in [-0.2, 0) is 16.6 Å². The fourth-order valence-electron chi connectivity index (χ4n) is 1.64. The minimum atomic E-state index is -3.65. The molecule has 0 aliphatic rings. The molecule has 0 bridgehead atoms. The Morgan fingerprint density at radius 1 is 1.30 bits per heavy atom. The molecule has 2 aromatic rings. The highest BCUT2D eigenvalue weighted by molar-refractivity contribution is 7.89. The molecule has 0 aliphatic heterocycles. The SMILES string of the molecule is Cc1cc(S(=O)(=O)NCc2nc(C)c(C)s2)ccc1F. The molecule has 0 atom stereocenters. The van der Waals surface area contributed by atoms with Crippen LogP contribution in [0, 0.1) is 26.6 Å². The quantitative estimate of drug-likeness (QED) is 0.944. The van der Waals surface area contributed by atoms with Crippen LogP contribution in [0.25, 0.3) is 0 Å². The summed E-state index contributed by atoms with van der Waals surface area (Å²) in [5.41, 5.74) is 1.20. The zero-order valence-electron chi connectivity index (χ0n) is 11.4. The Kier molecular flexibility index (Phi) is 4.22. The number of hydrogen-bond donors (Lipinski definition) is 1. The van der Waals surface area contributed by atoms with E-state index >= 15 is 0 Å². The normalized spacial score (nSPS) is 11.8. The van der Waals surface area contributed by atoms with E-state index in [0.717, 1.165) is 16.6 Å². The first-order chi connectivity index (χ1) is 9.29. The molecular weight excluding hydrogens is 299 g/mol. The maximum atomic E-state index is 13.2. The lowest BCUT2D eigenvalue weighted by molar-refractivity contribution is 0.579. The van der Waals surface area contributed by atoms with E-state index in [4.69, 9.17) is 0 Å². The molecule has 0 unspecified atom stereocenters. The molecule has 1 N–H and O–H groups in total. The number of hydrogen-bond acceptors (Lipinski definition) is 4. The Bertz CT molecular complexity index is 719. The van der Waals surface area contributed by atoms with Crippen LogP contribution in [0.15, 0.2) is 23.1 Å². The zero-order chi connectivity index (χ0) is 14.9.